The summed E-state index contributed by atoms with van der Waals surface area (Å²) in [5.74, 6) is -4.02. The number of Topliss-reactive ketones (excluding diaryl/α,β-unsaturated/α-hetero) is 1. The van der Waals surface area contributed by atoms with Crippen molar-refractivity contribution in [3.05, 3.63) is 80.4 Å². The van der Waals surface area contributed by atoms with Crippen molar-refractivity contribution in [3.63, 3.8) is 0 Å². The molecule has 1 amide bonds. The van der Waals surface area contributed by atoms with Crippen molar-refractivity contribution in [1.82, 2.24) is 4.90 Å². The predicted octanol–water partition coefficient (Wildman–Crippen LogP) is 2.75. The summed E-state index contributed by atoms with van der Waals surface area (Å²) < 4.78 is 0. The van der Waals surface area contributed by atoms with Gasteiger partial charge in [-0.25, -0.2) is 0 Å². The van der Waals surface area contributed by atoms with Crippen molar-refractivity contribution < 1.29 is 29.5 Å². The number of amides is 1. The molecule has 2 N–H and O–H groups in total. The molecule has 3 rings (SSSR count). The second-order valence-electron chi connectivity index (χ2n) is 6.18. The van der Waals surface area contributed by atoms with E-state index in [9.17, 15) is 29.6 Å². The van der Waals surface area contributed by atoms with Crippen molar-refractivity contribution >= 4 is 40.7 Å². The van der Waals surface area contributed by atoms with E-state index in [2.05, 4.69) is 0 Å². The van der Waals surface area contributed by atoms with Crippen LogP contribution in [0.5, 0.6) is 0 Å². The third-order valence-corrected chi connectivity index (χ3v) is 4.63. The monoisotopic (exact) mass is 416 g/mol. The summed E-state index contributed by atoms with van der Waals surface area (Å²) in [6.45, 7) is -0.755. The van der Waals surface area contributed by atoms with Crippen LogP contribution in [0.1, 0.15) is 17.2 Å². The highest BCUT2D eigenvalue weighted by atomic mass is 35.5. The topological polar surface area (TPSA) is 138 Å². The average Bonchev–Trinajstić information content (AvgIpc) is 2.92. The third kappa shape index (κ3) is 3.81. The number of carbonyl (C=O) groups is 3. The maximum absolute atomic E-state index is 12.6. The summed E-state index contributed by atoms with van der Waals surface area (Å²) >= 11 is 5.87. The molecule has 2 aromatic rings. The molecule has 1 atom stereocenters. The number of nitro benzene ring substituents is 1. The quantitative estimate of drug-likeness (QED) is 0.251. The molecule has 0 spiro atoms. The minimum absolute atomic E-state index is 0.0721. The minimum Gasteiger partial charge on any atom is -0.507 e. The lowest BCUT2D eigenvalue weighted by atomic mass is 9.95. The number of carbonyl (C=O) groups excluding carboxylic acids is 2. The first-order valence-corrected chi connectivity index (χ1v) is 8.59. The molecule has 1 heterocycles. The Hall–Kier alpha value is -3.72. The summed E-state index contributed by atoms with van der Waals surface area (Å²) in [4.78, 5) is 47.3. The number of nitrogens with zero attached hydrogens (tertiary/aromatic N) is 2. The van der Waals surface area contributed by atoms with E-state index in [-0.39, 0.29) is 16.8 Å². The molecule has 1 aliphatic heterocycles. The fourth-order valence-electron chi connectivity index (χ4n) is 3.08. The van der Waals surface area contributed by atoms with Crippen LogP contribution < -0.4 is 0 Å². The largest absolute Gasteiger partial charge is 0.507 e. The van der Waals surface area contributed by atoms with E-state index in [0.29, 0.717) is 10.6 Å². The minimum atomic E-state index is -1.33. The predicted molar refractivity (Wildman–Crippen MR) is 101 cm³/mol. The number of aliphatic hydroxyl groups excluding tert-OH is 1. The number of ketones is 1. The Morgan fingerprint density at radius 1 is 1.07 bits per heavy atom. The first-order chi connectivity index (χ1) is 13.7. The number of aliphatic hydroxyl groups is 1. The van der Waals surface area contributed by atoms with Gasteiger partial charge in [0, 0.05) is 22.7 Å². The Bertz CT molecular complexity index is 1050. The fraction of sp³-hybridized carbons (Fsp3) is 0.105. The van der Waals surface area contributed by atoms with Crippen LogP contribution in [0.25, 0.3) is 5.76 Å². The first-order valence-electron chi connectivity index (χ1n) is 8.21. The molecule has 29 heavy (non-hydrogen) atoms. The van der Waals surface area contributed by atoms with Crippen LogP contribution in [-0.2, 0) is 14.4 Å². The van der Waals surface area contributed by atoms with E-state index >= 15 is 0 Å². The van der Waals surface area contributed by atoms with Crippen molar-refractivity contribution in [2.75, 3.05) is 6.54 Å². The molecule has 0 unspecified atom stereocenters. The highest BCUT2D eigenvalue weighted by molar-refractivity contribution is 6.46. The first kappa shape index (κ1) is 20.0. The standard InChI is InChI=1S/C19H13ClN2O7/c20-12-5-1-10(2-6-12)16-15(18(26)19(27)21(16)9-14(23)24)17(25)11-3-7-13(8-4-11)22(28)29/h1-8,16,25H,9H2,(H,23,24)/t16-/m0/s1. The smallest absolute Gasteiger partial charge is 0.323 e. The molecular formula is C19H13ClN2O7. The molecular weight excluding hydrogens is 404 g/mol. The molecule has 1 saturated heterocycles. The van der Waals surface area contributed by atoms with Crippen molar-refractivity contribution in [1.29, 1.82) is 0 Å². The number of non-ortho nitro benzene ring substituents is 1. The Labute approximate surface area is 168 Å². The molecule has 10 heteroatoms. The molecule has 0 bridgehead atoms. The maximum Gasteiger partial charge on any atom is 0.323 e. The van der Waals surface area contributed by atoms with Gasteiger partial charge in [0.2, 0.25) is 0 Å². The van der Waals surface area contributed by atoms with Crippen LogP contribution in [0.4, 0.5) is 5.69 Å². The van der Waals surface area contributed by atoms with Gasteiger partial charge in [-0.3, -0.25) is 24.5 Å². The number of carboxylic acids is 1. The molecule has 0 aromatic heterocycles. The Morgan fingerprint density at radius 3 is 2.17 bits per heavy atom. The Morgan fingerprint density at radius 2 is 1.66 bits per heavy atom. The number of hydrogen-bond acceptors (Lipinski definition) is 6. The number of carboxylic acid groups (broad SMARTS) is 1. The molecule has 0 radical (unpaired) electrons. The molecule has 2 aromatic carbocycles. The summed E-state index contributed by atoms with van der Waals surface area (Å²) in [7, 11) is 0. The van der Waals surface area contributed by atoms with Crippen LogP contribution >= 0.6 is 11.6 Å². The van der Waals surface area contributed by atoms with E-state index < -0.39 is 40.9 Å². The van der Waals surface area contributed by atoms with Gasteiger partial charge < -0.3 is 15.1 Å². The molecule has 0 aliphatic carbocycles. The van der Waals surface area contributed by atoms with E-state index in [1.807, 2.05) is 0 Å². The van der Waals surface area contributed by atoms with Crippen molar-refractivity contribution in [3.8, 4) is 0 Å². The highest BCUT2D eigenvalue weighted by Crippen LogP contribution is 2.39. The normalized spacial score (nSPS) is 18.1. The Balaban J connectivity index is 2.16. The number of nitro groups is 1. The van der Waals surface area contributed by atoms with E-state index in [1.54, 1.807) is 0 Å². The summed E-state index contributed by atoms with van der Waals surface area (Å²) in [6, 6.07) is 9.62. The number of rotatable bonds is 5. The number of benzene rings is 2. The summed E-state index contributed by atoms with van der Waals surface area (Å²) in [5.41, 5.74) is -0.0873. The lowest BCUT2D eigenvalue weighted by Crippen LogP contribution is -2.34. The maximum atomic E-state index is 12.6. The Kier molecular flexibility index (Phi) is 5.33. The van der Waals surface area contributed by atoms with Crippen molar-refractivity contribution in [2.45, 2.75) is 6.04 Å². The highest BCUT2D eigenvalue weighted by Gasteiger charge is 2.46. The third-order valence-electron chi connectivity index (χ3n) is 4.38. The van der Waals surface area contributed by atoms with E-state index in [1.165, 1.54) is 36.4 Å². The lowest BCUT2D eigenvalue weighted by molar-refractivity contribution is -0.384. The van der Waals surface area contributed by atoms with Crippen LogP contribution in [0, 0.1) is 10.1 Å². The van der Waals surface area contributed by atoms with E-state index in [0.717, 1.165) is 17.0 Å². The lowest BCUT2D eigenvalue weighted by Gasteiger charge is -2.23. The van der Waals surface area contributed by atoms with Crippen LogP contribution in [-0.4, -0.2) is 44.2 Å². The zero-order chi connectivity index (χ0) is 21.3. The number of halogens is 1. The van der Waals surface area contributed by atoms with Gasteiger partial charge in [0.25, 0.3) is 17.4 Å². The second-order valence-corrected chi connectivity index (χ2v) is 6.61. The zero-order valence-corrected chi connectivity index (χ0v) is 15.4. The second kappa shape index (κ2) is 7.72. The van der Waals surface area contributed by atoms with Crippen molar-refractivity contribution in [2.24, 2.45) is 0 Å². The van der Waals surface area contributed by atoms with E-state index in [4.69, 9.17) is 16.7 Å². The molecule has 0 saturated carbocycles. The van der Waals surface area contributed by atoms with Crippen LogP contribution in [0.2, 0.25) is 5.02 Å². The van der Waals surface area contributed by atoms with Crippen LogP contribution in [0.3, 0.4) is 0 Å². The number of hydrogen-bond donors (Lipinski definition) is 2. The van der Waals surface area contributed by atoms with Gasteiger partial charge in [0.1, 0.15) is 12.3 Å². The van der Waals surface area contributed by atoms with Gasteiger partial charge in [-0.2, -0.15) is 0 Å². The van der Waals surface area contributed by atoms with Crippen LogP contribution in [0.15, 0.2) is 54.1 Å². The molecule has 1 aliphatic rings. The summed E-state index contributed by atoms with van der Waals surface area (Å²) in [6.07, 6.45) is 0. The van der Waals surface area contributed by atoms with Gasteiger partial charge in [-0.1, -0.05) is 23.7 Å². The van der Waals surface area contributed by atoms with Gasteiger partial charge >= 0.3 is 5.97 Å². The molecule has 9 nitrogen and oxygen atoms in total. The van der Waals surface area contributed by atoms with Gasteiger partial charge in [0.05, 0.1) is 16.5 Å². The average molecular weight is 417 g/mol. The fourth-order valence-corrected chi connectivity index (χ4v) is 3.20. The summed E-state index contributed by atoms with van der Waals surface area (Å²) in [5, 5.41) is 31.0. The van der Waals surface area contributed by atoms with Gasteiger partial charge in [-0.05, 0) is 29.8 Å². The molecule has 1 fully saturated rings. The zero-order valence-electron chi connectivity index (χ0n) is 14.6. The number of likely N-dealkylation sites (tertiary alicyclic amines) is 1. The van der Waals surface area contributed by atoms with Gasteiger partial charge in [-0.15, -0.1) is 0 Å². The molecule has 148 valence electrons. The number of aliphatic carboxylic acids is 1. The SMILES string of the molecule is O=C(O)CN1C(=O)C(=O)C(=C(O)c2ccc([N+](=O)[O-])cc2)[C@@H]1c1ccc(Cl)cc1. The van der Waals surface area contributed by atoms with Gasteiger partial charge in [0.15, 0.2) is 0 Å².